The van der Waals surface area contributed by atoms with Gasteiger partial charge in [-0.25, -0.2) is 0 Å². The SMILES string of the molecule is COC(CCCC/C=C1/CCCC1O[Si](C(C)C)(C(C)C)C(C)C)OC. The van der Waals surface area contributed by atoms with Gasteiger partial charge in [-0.15, -0.1) is 0 Å². The Labute approximate surface area is 164 Å². The Kier molecular flexibility index (Phi) is 10.7. The summed E-state index contributed by atoms with van der Waals surface area (Å²) in [5.74, 6) is 0. The van der Waals surface area contributed by atoms with E-state index in [0.717, 1.165) is 19.3 Å². The fourth-order valence-corrected chi connectivity index (χ4v) is 10.5. The maximum atomic E-state index is 7.06. The minimum absolute atomic E-state index is 0.0556. The third kappa shape index (κ3) is 6.18. The molecule has 0 aromatic heterocycles. The largest absolute Gasteiger partial charge is 0.409 e. The summed E-state index contributed by atoms with van der Waals surface area (Å²) < 4.78 is 17.6. The predicted molar refractivity (Wildman–Crippen MR) is 114 cm³/mol. The molecular weight excluding hydrogens is 340 g/mol. The van der Waals surface area contributed by atoms with E-state index in [9.17, 15) is 0 Å². The van der Waals surface area contributed by atoms with E-state index in [4.69, 9.17) is 13.9 Å². The van der Waals surface area contributed by atoms with Crippen molar-refractivity contribution in [2.45, 2.75) is 116 Å². The Balaban J connectivity index is 2.66. The zero-order valence-electron chi connectivity index (χ0n) is 18.6. The molecule has 0 aromatic rings. The van der Waals surface area contributed by atoms with Gasteiger partial charge in [0.05, 0.1) is 6.10 Å². The average molecular weight is 385 g/mol. The van der Waals surface area contributed by atoms with Crippen LogP contribution in [0.15, 0.2) is 11.6 Å². The maximum absolute atomic E-state index is 7.06. The highest BCUT2D eigenvalue weighted by molar-refractivity contribution is 6.77. The van der Waals surface area contributed by atoms with Crippen molar-refractivity contribution in [3.8, 4) is 0 Å². The molecule has 0 amide bonds. The lowest BCUT2D eigenvalue weighted by Crippen LogP contribution is -2.50. The summed E-state index contributed by atoms with van der Waals surface area (Å²) in [6.45, 7) is 14.3. The summed E-state index contributed by atoms with van der Waals surface area (Å²) >= 11 is 0. The Morgan fingerprint density at radius 3 is 2.04 bits per heavy atom. The number of unbranched alkanes of at least 4 members (excludes halogenated alkanes) is 2. The van der Waals surface area contributed by atoms with Crippen LogP contribution in [0.3, 0.4) is 0 Å². The van der Waals surface area contributed by atoms with Crippen molar-refractivity contribution in [2.75, 3.05) is 14.2 Å². The molecule has 0 heterocycles. The van der Waals surface area contributed by atoms with Crippen LogP contribution in [0.1, 0.15) is 86.5 Å². The van der Waals surface area contributed by atoms with Gasteiger partial charge in [0.1, 0.15) is 0 Å². The second-order valence-corrected chi connectivity index (χ2v) is 14.2. The molecule has 1 aliphatic rings. The van der Waals surface area contributed by atoms with Crippen LogP contribution in [0.2, 0.25) is 16.6 Å². The number of allylic oxidation sites excluding steroid dienone is 1. The number of rotatable bonds is 12. The Morgan fingerprint density at radius 1 is 0.962 bits per heavy atom. The highest BCUT2D eigenvalue weighted by Gasteiger charge is 2.47. The van der Waals surface area contributed by atoms with Crippen LogP contribution in [-0.2, 0) is 13.9 Å². The van der Waals surface area contributed by atoms with Gasteiger partial charge in [0.2, 0.25) is 8.32 Å². The van der Waals surface area contributed by atoms with E-state index in [1.54, 1.807) is 19.8 Å². The predicted octanol–water partition coefficient (Wildman–Crippen LogP) is 6.84. The summed E-state index contributed by atoms with van der Waals surface area (Å²) in [7, 11) is 1.64. The average Bonchev–Trinajstić information content (AvgIpc) is 3.01. The zero-order valence-corrected chi connectivity index (χ0v) is 19.6. The summed E-state index contributed by atoms with van der Waals surface area (Å²) in [6, 6.07) is 0. The topological polar surface area (TPSA) is 27.7 Å². The van der Waals surface area contributed by atoms with Gasteiger partial charge in [0, 0.05) is 14.2 Å². The second-order valence-electron chi connectivity index (χ2n) is 8.78. The first kappa shape index (κ1) is 23.9. The van der Waals surface area contributed by atoms with E-state index in [2.05, 4.69) is 47.6 Å². The Morgan fingerprint density at radius 2 is 1.54 bits per heavy atom. The van der Waals surface area contributed by atoms with Gasteiger partial charge < -0.3 is 13.9 Å². The summed E-state index contributed by atoms with van der Waals surface area (Å²) in [5, 5.41) is 0. The lowest BCUT2D eigenvalue weighted by molar-refractivity contribution is -0.107. The van der Waals surface area contributed by atoms with Crippen LogP contribution in [0.25, 0.3) is 0 Å². The van der Waals surface area contributed by atoms with Crippen molar-refractivity contribution >= 4 is 8.32 Å². The third-order valence-electron chi connectivity index (χ3n) is 6.23. The first-order valence-corrected chi connectivity index (χ1v) is 12.9. The van der Waals surface area contributed by atoms with Gasteiger partial charge in [0.15, 0.2) is 6.29 Å². The normalized spacial score (nSPS) is 20.5. The Bertz CT molecular complexity index is 392. The summed E-state index contributed by atoms with van der Waals surface area (Å²) in [4.78, 5) is 0. The van der Waals surface area contributed by atoms with Crippen LogP contribution in [0.5, 0.6) is 0 Å². The second kappa shape index (κ2) is 11.6. The molecule has 0 N–H and O–H groups in total. The van der Waals surface area contributed by atoms with Crippen molar-refractivity contribution < 1.29 is 13.9 Å². The molecule has 0 aliphatic heterocycles. The minimum Gasteiger partial charge on any atom is -0.409 e. The fraction of sp³-hybridized carbons (Fsp3) is 0.909. The lowest BCUT2D eigenvalue weighted by atomic mass is 10.1. The monoisotopic (exact) mass is 384 g/mol. The smallest absolute Gasteiger partial charge is 0.201 e. The number of hydrogen-bond acceptors (Lipinski definition) is 3. The standard InChI is InChI=1S/C22H44O3Si/c1-17(2)26(18(3)4,19(5)6)25-21-15-12-14-20(21)13-10-9-11-16-22(23-7)24-8/h13,17-19,21-22H,9-12,14-16H2,1-8H3/b20-13-. The van der Waals surface area contributed by atoms with Gasteiger partial charge in [-0.3, -0.25) is 0 Å². The first-order chi connectivity index (χ1) is 12.3. The number of ether oxygens (including phenoxy) is 2. The molecule has 154 valence electrons. The summed E-state index contributed by atoms with van der Waals surface area (Å²) in [5.41, 5.74) is 3.54. The molecule has 0 bridgehead atoms. The number of hydrogen-bond donors (Lipinski definition) is 0. The Hall–Kier alpha value is -0.163. The molecule has 1 aliphatic carbocycles. The van der Waals surface area contributed by atoms with E-state index in [0.29, 0.717) is 22.7 Å². The van der Waals surface area contributed by atoms with Crippen molar-refractivity contribution in [1.29, 1.82) is 0 Å². The van der Waals surface area contributed by atoms with Gasteiger partial charge >= 0.3 is 0 Å². The van der Waals surface area contributed by atoms with E-state index in [1.165, 1.54) is 25.7 Å². The molecule has 0 aromatic carbocycles. The van der Waals surface area contributed by atoms with Crippen LogP contribution in [0, 0.1) is 0 Å². The van der Waals surface area contributed by atoms with Crippen LogP contribution >= 0.6 is 0 Å². The van der Waals surface area contributed by atoms with Crippen LogP contribution in [-0.4, -0.2) is 34.9 Å². The van der Waals surface area contributed by atoms with Crippen LogP contribution < -0.4 is 0 Å². The number of methoxy groups -OCH3 is 2. The molecule has 0 saturated heterocycles. The highest BCUT2D eigenvalue weighted by atomic mass is 28.4. The molecule has 4 heteroatoms. The van der Waals surface area contributed by atoms with E-state index < -0.39 is 8.32 Å². The van der Waals surface area contributed by atoms with Crippen molar-refractivity contribution in [1.82, 2.24) is 0 Å². The van der Waals surface area contributed by atoms with Crippen molar-refractivity contribution in [3.63, 3.8) is 0 Å². The molecule has 1 rings (SSSR count). The maximum Gasteiger partial charge on any atom is 0.201 e. The quantitative estimate of drug-likeness (QED) is 0.160. The van der Waals surface area contributed by atoms with Gasteiger partial charge in [-0.1, -0.05) is 47.6 Å². The molecule has 0 radical (unpaired) electrons. The van der Waals surface area contributed by atoms with E-state index >= 15 is 0 Å². The molecule has 0 spiro atoms. The third-order valence-corrected chi connectivity index (χ3v) is 12.3. The van der Waals surface area contributed by atoms with Crippen molar-refractivity contribution in [2.24, 2.45) is 0 Å². The highest BCUT2D eigenvalue weighted by Crippen LogP contribution is 2.45. The minimum atomic E-state index is -1.79. The van der Waals surface area contributed by atoms with Gasteiger partial charge in [0.25, 0.3) is 0 Å². The first-order valence-electron chi connectivity index (χ1n) is 10.7. The van der Waals surface area contributed by atoms with Crippen molar-refractivity contribution in [3.05, 3.63) is 11.6 Å². The van der Waals surface area contributed by atoms with E-state index in [-0.39, 0.29) is 6.29 Å². The summed E-state index contributed by atoms with van der Waals surface area (Å²) in [6.07, 6.45) is 11.0. The molecule has 1 saturated carbocycles. The molecule has 3 nitrogen and oxygen atoms in total. The van der Waals surface area contributed by atoms with Crippen LogP contribution in [0.4, 0.5) is 0 Å². The van der Waals surface area contributed by atoms with Gasteiger partial charge in [-0.2, -0.15) is 0 Å². The molecule has 1 unspecified atom stereocenters. The fourth-order valence-electron chi connectivity index (χ4n) is 4.94. The molecule has 1 fully saturated rings. The lowest BCUT2D eigenvalue weighted by Gasteiger charge is -2.44. The van der Waals surface area contributed by atoms with Gasteiger partial charge in [-0.05, 0) is 67.1 Å². The zero-order chi connectivity index (χ0) is 19.7. The molecular formula is C22H44O3Si. The molecule has 1 atom stereocenters. The molecule has 26 heavy (non-hydrogen) atoms. The van der Waals surface area contributed by atoms with E-state index in [1.807, 2.05) is 0 Å².